The molecular formula is C36H26N2O. The van der Waals surface area contributed by atoms with Crippen LogP contribution in [0.1, 0.15) is 25.0 Å². The van der Waals surface area contributed by atoms with E-state index in [-0.39, 0.29) is 5.41 Å². The van der Waals surface area contributed by atoms with Gasteiger partial charge in [0, 0.05) is 22.6 Å². The second-order valence-corrected chi connectivity index (χ2v) is 10.9. The Morgan fingerprint density at radius 2 is 1.38 bits per heavy atom. The molecule has 3 heteroatoms. The third-order valence-electron chi connectivity index (χ3n) is 8.26. The standard InChI is InChI=1S/C36H26N2O/c1-36(2)28-14-5-6-15-30(28)38-31-16-7-8-17-32(31)39-33-22-26(21-29(36)35(33)38)24-11-9-12-25(20-24)34-27-13-4-3-10-23(27)18-19-37-34/h3-22H,1-2H3. The van der Waals surface area contributed by atoms with Gasteiger partial charge in [-0.25, -0.2) is 0 Å². The van der Waals surface area contributed by atoms with Crippen LogP contribution in [0.3, 0.4) is 0 Å². The Labute approximate surface area is 228 Å². The molecule has 6 aromatic rings. The lowest BCUT2D eigenvalue weighted by Crippen LogP contribution is -2.32. The Morgan fingerprint density at radius 3 is 2.31 bits per heavy atom. The first-order chi connectivity index (χ1) is 19.1. The van der Waals surface area contributed by atoms with Crippen molar-refractivity contribution >= 4 is 27.8 Å². The van der Waals surface area contributed by atoms with E-state index in [1.807, 2.05) is 12.3 Å². The molecule has 2 aliphatic rings. The fourth-order valence-electron chi connectivity index (χ4n) is 6.31. The first kappa shape index (κ1) is 22.1. The fourth-order valence-corrected chi connectivity index (χ4v) is 6.31. The number of pyridine rings is 1. The molecule has 0 aliphatic carbocycles. The lowest BCUT2D eigenvalue weighted by atomic mass is 9.72. The number of nitrogens with zero attached hydrogens (tertiary/aromatic N) is 2. The van der Waals surface area contributed by atoms with Crippen molar-refractivity contribution in [3.63, 3.8) is 0 Å². The van der Waals surface area contributed by atoms with Gasteiger partial charge in [0.25, 0.3) is 0 Å². The van der Waals surface area contributed by atoms with Gasteiger partial charge in [0.1, 0.15) is 0 Å². The van der Waals surface area contributed by atoms with E-state index in [9.17, 15) is 0 Å². The summed E-state index contributed by atoms with van der Waals surface area (Å²) in [4.78, 5) is 7.16. The van der Waals surface area contributed by atoms with Crippen molar-refractivity contribution in [1.29, 1.82) is 0 Å². The van der Waals surface area contributed by atoms with Crippen LogP contribution in [0.2, 0.25) is 0 Å². The van der Waals surface area contributed by atoms with E-state index in [1.54, 1.807) is 0 Å². The summed E-state index contributed by atoms with van der Waals surface area (Å²) in [7, 11) is 0. The van der Waals surface area contributed by atoms with Gasteiger partial charge in [-0.1, -0.05) is 86.6 Å². The maximum atomic E-state index is 6.61. The summed E-state index contributed by atoms with van der Waals surface area (Å²) in [6.45, 7) is 4.64. The number of fused-ring (bicyclic) bond motifs is 5. The van der Waals surface area contributed by atoms with Crippen LogP contribution in [0.5, 0.6) is 11.5 Å². The molecule has 1 aromatic heterocycles. The van der Waals surface area contributed by atoms with E-state index in [1.165, 1.54) is 22.2 Å². The average Bonchev–Trinajstić information content (AvgIpc) is 2.98. The van der Waals surface area contributed by atoms with Crippen molar-refractivity contribution < 1.29 is 4.74 Å². The normalized spacial score (nSPS) is 14.3. The third kappa shape index (κ3) is 3.20. The number of para-hydroxylation sites is 3. The van der Waals surface area contributed by atoms with Gasteiger partial charge in [-0.3, -0.25) is 4.98 Å². The second-order valence-electron chi connectivity index (χ2n) is 10.9. The van der Waals surface area contributed by atoms with E-state index < -0.39 is 0 Å². The summed E-state index contributed by atoms with van der Waals surface area (Å²) in [5.74, 6) is 1.76. The Balaban J connectivity index is 1.35. The number of hydrogen-bond acceptors (Lipinski definition) is 3. The van der Waals surface area contributed by atoms with Crippen molar-refractivity contribution in [3.8, 4) is 33.9 Å². The average molecular weight is 503 g/mol. The molecule has 0 fully saturated rings. The molecule has 2 aliphatic heterocycles. The third-order valence-corrected chi connectivity index (χ3v) is 8.26. The zero-order valence-corrected chi connectivity index (χ0v) is 21.8. The maximum absolute atomic E-state index is 6.61. The van der Waals surface area contributed by atoms with Crippen LogP contribution in [0.25, 0.3) is 33.2 Å². The number of benzene rings is 5. The molecule has 3 heterocycles. The SMILES string of the molecule is CC1(C)c2ccccc2N2c3ccccc3Oc3cc(-c4cccc(-c5nccc6ccccc56)c4)cc1c32. The molecule has 0 atom stereocenters. The van der Waals surface area contributed by atoms with Crippen LogP contribution in [0, 0.1) is 0 Å². The number of rotatable bonds is 2. The van der Waals surface area contributed by atoms with Crippen LogP contribution in [-0.2, 0) is 5.41 Å². The van der Waals surface area contributed by atoms with Crippen LogP contribution < -0.4 is 9.64 Å². The fraction of sp³-hybridized carbons (Fsp3) is 0.0833. The highest BCUT2D eigenvalue weighted by Crippen LogP contribution is 2.60. The highest BCUT2D eigenvalue weighted by atomic mass is 16.5. The van der Waals surface area contributed by atoms with Gasteiger partial charge in [0.2, 0.25) is 0 Å². The predicted octanol–water partition coefficient (Wildman–Crippen LogP) is 9.78. The van der Waals surface area contributed by atoms with Crippen molar-refractivity contribution in [2.45, 2.75) is 19.3 Å². The van der Waals surface area contributed by atoms with Crippen molar-refractivity contribution in [2.24, 2.45) is 0 Å². The lowest BCUT2D eigenvalue weighted by Gasteiger charge is -2.45. The number of aromatic nitrogens is 1. The van der Waals surface area contributed by atoms with Crippen LogP contribution in [0.4, 0.5) is 17.1 Å². The van der Waals surface area contributed by atoms with Gasteiger partial charge < -0.3 is 9.64 Å². The summed E-state index contributed by atoms with van der Waals surface area (Å²) < 4.78 is 6.61. The van der Waals surface area contributed by atoms with E-state index in [2.05, 4.69) is 128 Å². The Kier molecular flexibility index (Phi) is 4.57. The molecule has 186 valence electrons. The first-order valence-electron chi connectivity index (χ1n) is 13.4. The Morgan fingerprint density at radius 1 is 0.615 bits per heavy atom. The molecule has 0 unspecified atom stereocenters. The number of ether oxygens (including phenoxy) is 1. The highest BCUT2D eigenvalue weighted by Gasteiger charge is 2.41. The Bertz CT molecular complexity index is 1930. The van der Waals surface area contributed by atoms with Gasteiger partial charge in [0.15, 0.2) is 11.5 Å². The van der Waals surface area contributed by atoms with Crippen molar-refractivity contribution in [2.75, 3.05) is 4.90 Å². The van der Waals surface area contributed by atoms with Crippen LogP contribution >= 0.6 is 0 Å². The van der Waals surface area contributed by atoms with Crippen LogP contribution in [0.15, 0.2) is 121 Å². The van der Waals surface area contributed by atoms with Crippen molar-refractivity contribution in [3.05, 3.63) is 133 Å². The molecule has 0 spiro atoms. The summed E-state index contributed by atoms with van der Waals surface area (Å²) >= 11 is 0. The zero-order valence-electron chi connectivity index (χ0n) is 21.8. The summed E-state index contributed by atoms with van der Waals surface area (Å²) in [5, 5.41) is 2.35. The van der Waals surface area contributed by atoms with E-state index >= 15 is 0 Å². The zero-order chi connectivity index (χ0) is 26.1. The molecule has 0 amide bonds. The van der Waals surface area contributed by atoms with Gasteiger partial charge in [-0.2, -0.15) is 0 Å². The quantitative estimate of drug-likeness (QED) is 0.235. The molecule has 3 nitrogen and oxygen atoms in total. The molecule has 5 aromatic carbocycles. The monoisotopic (exact) mass is 502 g/mol. The molecule has 8 rings (SSSR count). The molecule has 0 saturated carbocycles. The van der Waals surface area contributed by atoms with Gasteiger partial charge in [0.05, 0.1) is 22.8 Å². The minimum Gasteiger partial charge on any atom is -0.453 e. The molecule has 39 heavy (non-hydrogen) atoms. The number of anilines is 3. The smallest absolute Gasteiger partial charge is 0.152 e. The van der Waals surface area contributed by atoms with Gasteiger partial charge in [-0.15, -0.1) is 0 Å². The molecule has 0 radical (unpaired) electrons. The van der Waals surface area contributed by atoms with Crippen molar-refractivity contribution in [1.82, 2.24) is 4.98 Å². The molecular weight excluding hydrogens is 476 g/mol. The molecule has 0 bridgehead atoms. The van der Waals surface area contributed by atoms with Crippen LogP contribution in [-0.4, -0.2) is 4.98 Å². The second kappa shape index (κ2) is 8.05. The Hall–Kier alpha value is -4.89. The molecule has 0 saturated heterocycles. The summed E-state index contributed by atoms with van der Waals surface area (Å²) in [5.41, 5.74) is 10.2. The lowest BCUT2D eigenvalue weighted by molar-refractivity contribution is 0.471. The van der Waals surface area contributed by atoms with Gasteiger partial charge >= 0.3 is 0 Å². The van der Waals surface area contributed by atoms with Gasteiger partial charge in [-0.05, 0) is 70.1 Å². The summed E-state index contributed by atoms with van der Waals surface area (Å²) in [6, 6.07) is 40.8. The van der Waals surface area contributed by atoms with E-state index in [0.29, 0.717) is 0 Å². The largest absolute Gasteiger partial charge is 0.453 e. The van der Waals surface area contributed by atoms with E-state index in [0.717, 1.165) is 50.6 Å². The predicted molar refractivity (Wildman–Crippen MR) is 159 cm³/mol. The minimum atomic E-state index is -0.197. The summed E-state index contributed by atoms with van der Waals surface area (Å²) in [6.07, 6.45) is 1.90. The minimum absolute atomic E-state index is 0.197. The molecule has 0 N–H and O–H groups in total. The first-order valence-corrected chi connectivity index (χ1v) is 13.4. The topological polar surface area (TPSA) is 25.4 Å². The highest BCUT2D eigenvalue weighted by molar-refractivity contribution is 5.97. The van der Waals surface area contributed by atoms with E-state index in [4.69, 9.17) is 9.72 Å². The number of hydrogen-bond donors (Lipinski definition) is 0. The maximum Gasteiger partial charge on any atom is 0.152 e.